The molecule has 0 spiro atoms. The van der Waals surface area contributed by atoms with Crippen LogP contribution in [0.25, 0.3) is 0 Å². The van der Waals surface area contributed by atoms with Crippen molar-refractivity contribution in [2.45, 2.75) is 13.3 Å². The van der Waals surface area contributed by atoms with E-state index in [1.807, 2.05) is 6.92 Å². The molecule has 108 valence electrons. The van der Waals surface area contributed by atoms with Gasteiger partial charge in [0.05, 0.1) is 5.71 Å². The highest BCUT2D eigenvalue weighted by atomic mass is 35.5. The maximum Gasteiger partial charge on any atom is 0.271 e. The molecule has 5 heteroatoms. The second-order valence-corrected chi connectivity index (χ2v) is 4.82. The summed E-state index contributed by atoms with van der Waals surface area (Å²) in [5.74, 6) is -0.214. The molecule has 0 aliphatic rings. The second kappa shape index (κ2) is 6.90. The summed E-state index contributed by atoms with van der Waals surface area (Å²) in [7, 11) is 0. The zero-order valence-electron chi connectivity index (χ0n) is 11.5. The SMILES string of the molecule is CC/C(=N\NC(=O)c1cccc(Cl)c1)c1ccccc1O. The molecule has 0 aliphatic heterocycles. The molecule has 2 N–H and O–H groups in total. The van der Waals surface area contributed by atoms with E-state index in [1.165, 1.54) is 0 Å². The van der Waals surface area contributed by atoms with Gasteiger partial charge in [-0.15, -0.1) is 0 Å². The first kappa shape index (κ1) is 15.1. The molecule has 1 amide bonds. The summed E-state index contributed by atoms with van der Waals surface area (Å²) in [6.45, 7) is 1.90. The number of carbonyl (C=O) groups is 1. The molecule has 0 saturated carbocycles. The highest BCUT2D eigenvalue weighted by Gasteiger charge is 2.09. The molecule has 0 atom stereocenters. The smallest absolute Gasteiger partial charge is 0.271 e. The number of amides is 1. The fourth-order valence-corrected chi connectivity index (χ4v) is 2.05. The molecular formula is C16H15ClN2O2. The number of para-hydroxylation sites is 1. The Balaban J connectivity index is 2.19. The summed E-state index contributed by atoms with van der Waals surface area (Å²) in [4.78, 5) is 12.0. The van der Waals surface area contributed by atoms with Gasteiger partial charge in [0.2, 0.25) is 0 Å². The van der Waals surface area contributed by atoms with Gasteiger partial charge in [-0.05, 0) is 36.8 Å². The Morgan fingerprint density at radius 1 is 1.24 bits per heavy atom. The predicted octanol–water partition coefficient (Wildman–Crippen LogP) is 3.59. The second-order valence-electron chi connectivity index (χ2n) is 4.38. The topological polar surface area (TPSA) is 61.7 Å². The quantitative estimate of drug-likeness (QED) is 0.669. The summed E-state index contributed by atoms with van der Waals surface area (Å²) in [6, 6.07) is 13.5. The zero-order valence-corrected chi connectivity index (χ0v) is 12.3. The normalized spacial score (nSPS) is 11.2. The molecule has 21 heavy (non-hydrogen) atoms. The number of benzene rings is 2. The lowest BCUT2D eigenvalue weighted by Crippen LogP contribution is -2.20. The number of carbonyl (C=O) groups excluding carboxylic acids is 1. The van der Waals surface area contributed by atoms with Crippen LogP contribution in [0.5, 0.6) is 5.75 Å². The Hall–Kier alpha value is -2.33. The Labute approximate surface area is 128 Å². The minimum Gasteiger partial charge on any atom is -0.507 e. The van der Waals surface area contributed by atoms with Crippen LogP contribution < -0.4 is 5.43 Å². The Morgan fingerprint density at radius 2 is 2.00 bits per heavy atom. The minimum atomic E-state index is -0.348. The van der Waals surface area contributed by atoms with E-state index in [-0.39, 0.29) is 11.7 Å². The van der Waals surface area contributed by atoms with Crippen LogP contribution >= 0.6 is 11.6 Å². The molecule has 2 aromatic rings. The van der Waals surface area contributed by atoms with Gasteiger partial charge in [0, 0.05) is 16.1 Å². The first-order valence-corrected chi connectivity index (χ1v) is 6.90. The summed E-state index contributed by atoms with van der Waals surface area (Å²) in [6.07, 6.45) is 0.577. The van der Waals surface area contributed by atoms with Crippen LogP contribution in [-0.4, -0.2) is 16.7 Å². The van der Waals surface area contributed by atoms with Gasteiger partial charge in [-0.1, -0.05) is 36.7 Å². The van der Waals surface area contributed by atoms with Crippen LogP contribution in [0.3, 0.4) is 0 Å². The van der Waals surface area contributed by atoms with Gasteiger partial charge in [-0.3, -0.25) is 4.79 Å². The highest BCUT2D eigenvalue weighted by Crippen LogP contribution is 2.18. The molecule has 2 aromatic carbocycles. The number of phenols is 1. The number of phenolic OH excluding ortho intramolecular Hbond substituents is 1. The summed E-state index contributed by atoms with van der Waals surface area (Å²) in [5, 5.41) is 14.4. The molecule has 2 rings (SSSR count). The maximum atomic E-state index is 12.0. The van der Waals surface area contributed by atoms with Crippen molar-refractivity contribution in [1.29, 1.82) is 0 Å². The molecule has 0 heterocycles. The van der Waals surface area contributed by atoms with Crippen molar-refractivity contribution in [3.05, 3.63) is 64.7 Å². The summed E-state index contributed by atoms with van der Waals surface area (Å²) < 4.78 is 0. The van der Waals surface area contributed by atoms with Gasteiger partial charge < -0.3 is 5.11 Å². The van der Waals surface area contributed by atoms with Crippen LogP contribution in [0.2, 0.25) is 5.02 Å². The zero-order chi connectivity index (χ0) is 15.2. The first-order chi connectivity index (χ1) is 10.1. The lowest BCUT2D eigenvalue weighted by Gasteiger charge is -2.07. The number of hydrogen-bond donors (Lipinski definition) is 2. The fraction of sp³-hybridized carbons (Fsp3) is 0.125. The lowest BCUT2D eigenvalue weighted by atomic mass is 10.1. The molecule has 0 bridgehead atoms. The van der Waals surface area contributed by atoms with E-state index in [4.69, 9.17) is 11.6 Å². The lowest BCUT2D eigenvalue weighted by molar-refractivity contribution is 0.0955. The van der Waals surface area contributed by atoms with Crippen LogP contribution in [0.4, 0.5) is 0 Å². The van der Waals surface area contributed by atoms with Gasteiger partial charge in [0.25, 0.3) is 5.91 Å². The van der Waals surface area contributed by atoms with Crippen molar-refractivity contribution in [2.75, 3.05) is 0 Å². The van der Waals surface area contributed by atoms with Crippen molar-refractivity contribution >= 4 is 23.2 Å². The number of hydrazone groups is 1. The molecule has 0 saturated heterocycles. The standard InChI is InChI=1S/C16H15ClN2O2/c1-2-14(13-8-3-4-9-15(13)20)18-19-16(21)11-6-5-7-12(17)10-11/h3-10,20H,2H2,1H3,(H,19,21)/b18-14+. The van der Waals surface area contributed by atoms with Crippen molar-refractivity contribution in [3.8, 4) is 5.75 Å². The largest absolute Gasteiger partial charge is 0.507 e. The van der Waals surface area contributed by atoms with Crippen LogP contribution in [0.15, 0.2) is 53.6 Å². The molecule has 4 nitrogen and oxygen atoms in total. The third-order valence-electron chi connectivity index (χ3n) is 2.93. The van der Waals surface area contributed by atoms with E-state index in [2.05, 4.69) is 10.5 Å². The van der Waals surface area contributed by atoms with E-state index < -0.39 is 0 Å². The van der Waals surface area contributed by atoms with Crippen molar-refractivity contribution < 1.29 is 9.90 Å². The molecule has 0 aromatic heterocycles. The average molecular weight is 303 g/mol. The molecule has 0 fully saturated rings. The number of nitrogens with zero attached hydrogens (tertiary/aromatic N) is 1. The van der Waals surface area contributed by atoms with Gasteiger partial charge in [-0.25, -0.2) is 5.43 Å². The molecule has 0 unspecified atom stereocenters. The monoisotopic (exact) mass is 302 g/mol. The first-order valence-electron chi connectivity index (χ1n) is 6.52. The van der Waals surface area contributed by atoms with Gasteiger partial charge >= 0.3 is 0 Å². The number of nitrogens with one attached hydrogen (secondary N) is 1. The molecular weight excluding hydrogens is 288 g/mol. The number of halogens is 1. The predicted molar refractivity (Wildman–Crippen MR) is 83.9 cm³/mol. The van der Waals surface area contributed by atoms with E-state index in [9.17, 15) is 9.90 Å². The van der Waals surface area contributed by atoms with E-state index in [1.54, 1.807) is 48.5 Å². The van der Waals surface area contributed by atoms with Crippen LogP contribution in [0.1, 0.15) is 29.3 Å². The molecule has 0 radical (unpaired) electrons. The Bertz CT molecular complexity index is 683. The van der Waals surface area contributed by atoms with Crippen LogP contribution in [0, 0.1) is 0 Å². The van der Waals surface area contributed by atoms with Gasteiger partial charge in [-0.2, -0.15) is 5.10 Å². The highest BCUT2D eigenvalue weighted by molar-refractivity contribution is 6.30. The third-order valence-corrected chi connectivity index (χ3v) is 3.16. The number of hydrogen-bond acceptors (Lipinski definition) is 3. The summed E-state index contributed by atoms with van der Waals surface area (Å²) >= 11 is 5.85. The van der Waals surface area contributed by atoms with Crippen molar-refractivity contribution in [1.82, 2.24) is 5.43 Å². The Kier molecular flexibility index (Phi) is 4.95. The minimum absolute atomic E-state index is 0.134. The van der Waals surface area contributed by atoms with Crippen LogP contribution in [-0.2, 0) is 0 Å². The Morgan fingerprint density at radius 3 is 2.67 bits per heavy atom. The van der Waals surface area contributed by atoms with Crippen molar-refractivity contribution in [3.63, 3.8) is 0 Å². The van der Waals surface area contributed by atoms with Gasteiger partial charge in [0.1, 0.15) is 5.75 Å². The fourth-order valence-electron chi connectivity index (χ4n) is 1.86. The summed E-state index contributed by atoms with van der Waals surface area (Å²) in [5.41, 5.74) is 4.12. The molecule has 0 aliphatic carbocycles. The van der Waals surface area contributed by atoms with E-state index >= 15 is 0 Å². The van der Waals surface area contributed by atoms with E-state index in [0.717, 1.165) is 0 Å². The number of rotatable bonds is 4. The third kappa shape index (κ3) is 3.83. The maximum absolute atomic E-state index is 12.0. The average Bonchev–Trinajstić information content (AvgIpc) is 2.49. The van der Waals surface area contributed by atoms with Crippen molar-refractivity contribution in [2.24, 2.45) is 5.10 Å². The number of aromatic hydroxyl groups is 1. The van der Waals surface area contributed by atoms with Gasteiger partial charge in [0.15, 0.2) is 0 Å². The van der Waals surface area contributed by atoms with E-state index in [0.29, 0.717) is 28.3 Å².